The zero-order valence-electron chi connectivity index (χ0n) is 14.6. The van der Waals surface area contributed by atoms with E-state index in [1.807, 2.05) is 18.2 Å². The van der Waals surface area contributed by atoms with Crippen LogP contribution >= 0.6 is 0 Å². The van der Waals surface area contributed by atoms with Gasteiger partial charge in [0.05, 0.1) is 4.92 Å². The Morgan fingerprint density at radius 2 is 1.85 bits per heavy atom. The van der Waals surface area contributed by atoms with E-state index in [4.69, 9.17) is 4.74 Å². The van der Waals surface area contributed by atoms with Crippen molar-refractivity contribution in [3.05, 3.63) is 76.5 Å². The van der Waals surface area contributed by atoms with Gasteiger partial charge in [0, 0.05) is 37.0 Å². The normalized spacial score (nSPS) is 12.3. The molecular weight excluding hydrogens is 348 g/mol. The Morgan fingerprint density at radius 1 is 1.11 bits per heavy atom. The molecule has 0 atom stereocenters. The molecule has 138 valence electrons. The molecule has 0 spiro atoms. The van der Waals surface area contributed by atoms with Crippen molar-refractivity contribution < 1.29 is 14.5 Å². The van der Waals surface area contributed by atoms with Gasteiger partial charge < -0.3 is 20.7 Å². The molecule has 0 bridgehead atoms. The first-order chi connectivity index (χ1) is 13.0. The van der Waals surface area contributed by atoms with Crippen LogP contribution in [0.4, 0.5) is 21.9 Å². The zero-order chi connectivity index (χ0) is 19.2. The number of hydrogen-bond donors (Lipinski definition) is 3. The van der Waals surface area contributed by atoms with Gasteiger partial charge in [0.2, 0.25) is 0 Å². The van der Waals surface area contributed by atoms with Crippen LogP contribution in [-0.4, -0.2) is 18.0 Å². The van der Waals surface area contributed by atoms with E-state index in [2.05, 4.69) is 16.0 Å². The largest absolute Gasteiger partial charge is 0.457 e. The molecule has 1 aliphatic carbocycles. The highest BCUT2D eigenvalue weighted by Gasteiger charge is 2.13. The molecule has 27 heavy (non-hydrogen) atoms. The Hall–Kier alpha value is -3.81. The number of carbonyl (C=O) groups is 1. The summed E-state index contributed by atoms with van der Waals surface area (Å²) < 4.78 is 5.71. The van der Waals surface area contributed by atoms with Crippen LogP contribution in [-0.2, 0) is 0 Å². The highest BCUT2D eigenvalue weighted by molar-refractivity contribution is 5.90. The molecule has 1 aliphatic rings. The number of hydrogen-bond acceptors (Lipinski definition) is 5. The summed E-state index contributed by atoms with van der Waals surface area (Å²) in [4.78, 5) is 22.4. The molecule has 0 radical (unpaired) electrons. The highest BCUT2D eigenvalue weighted by atomic mass is 16.6. The van der Waals surface area contributed by atoms with Crippen LogP contribution in [0.3, 0.4) is 0 Å². The van der Waals surface area contributed by atoms with E-state index in [0.717, 1.165) is 5.70 Å². The van der Waals surface area contributed by atoms with Crippen molar-refractivity contribution in [2.75, 3.05) is 17.7 Å². The predicted octanol–water partition coefficient (Wildman–Crippen LogP) is 4.39. The molecule has 3 N–H and O–H groups in total. The minimum Gasteiger partial charge on any atom is -0.457 e. The summed E-state index contributed by atoms with van der Waals surface area (Å²) in [6.45, 7) is 0. The Balaban J connectivity index is 1.62. The van der Waals surface area contributed by atoms with E-state index < -0.39 is 4.92 Å². The maximum absolute atomic E-state index is 11.9. The van der Waals surface area contributed by atoms with E-state index in [1.165, 1.54) is 12.1 Å². The predicted molar refractivity (Wildman–Crippen MR) is 103 cm³/mol. The summed E-state index contributed by atoms with van der Waals surface area (Å²) in [5, 5.41) is 19.2. The van der Waals surface area contributed by atoms with Crippen LogP contribution in [0.25, 0.3) is 0 Å². The first-order valence-corrected chi connectivity index (χ1v) is 8.23. The number of ether oxygens (including phenoxy) is 1. The van der Waals surface area contributed by atoms with Crippen molar-refractivity contribution in [1.82, 2.24) is 5.32 Å². The lowest BCUT2D eigenvalue weighted by Gasteiger charge is -2.10. The van der Waals surface area contributed by atoms with Crippen molar-refractivity contribution >= 4 is 23.1 Å². The molecule has 2 aromatic carbocycles. The van der Waals surface area contributed by atoms with Gasteiger partial charge in [0.25, 0.3) is 5.69 Å². The van der Waals surface area contributed by atoms with E-state index in [-0.39, 0.29) is 11.7 Å². The minimum absolute atomic E-state index is 0.0250. The van der Waals surface area contributed by atoms with E-state index in [9.17, 15) is 14.9 Å². The number of benzene rings is 2. The Bertz CT molecular complexity index is 920. The highest BCUT2D eigenvalue weighted by Crippen LogP contribution is 2.31. The lowest BCUT2D eigenvalue weighted by atomic mass is 10.2. The number of carbonyl (C=O) groups excluding carboxylic acids is 1. The molecule has 2 amide bonds. The van der Waals surface area contributed by atoms with E-state index in [1.54, 1.807) is 37.4 Å². The second-order valence-electron chi connectivity index (χ2n) is 5.72. The molecule has 0 saturated heterocycles. The van der Waals surface area contributed by atoms with Crippen LogP contribution < -0.4 is 20.7 Å². The standard InChI is InChI=1S/C19H18N4O4/c1-20-17-12-16(10-11-18(17)23(25)26)27-15-8-6-14(7-9-15)22-19(24)21-13-4-2-3-5-13/h2-4,6-12,20H,5H2,1H3,(H2,21,22,24). The number of allylic oxidation sites excluding steroid dienone is 3. The van der Waals surface area contributed by atoms with Gasteiger partial charge in [-0.1, -0.05) is 12.2 Å². The van der Waals surface area contributed by atoms with Crippen LogP contribution in [0.15, 0.2) is 66.4 Å². The van der Waals surface area contributed by atoms with Crippen LogP contribution in [0.5, 0.6) is 11.5 Å². The van der Waals surface area contributed by atoms with Crippen molar-refractivity contribution in [2.24, 2.45) is 0 Å². The molecule has 0 unspecified atom stereocenters. The van der Waals surface area contributed by atoms with Gasteiger partial charge in [-0.25, -0.2) is 4.79 Å². The third-order valence-corrected chi connectivity index (χ3v) is 3.83. The SMILES string of the molecule is CNc1cc(Oc2ccc(NC(=O)NC3=CC=CC3)cc2)ccc1[N+](=O)[O-]. The average molecular weight is 366 g/mol. The number of nitrogens with one attached hydrogen (secondary N) is 3. The van der Waals surface area contributed by atoms with E-state index >= 15 is 0 Å². The van der Waals surface area contributed by atoms with Gasteiger partial charge in [0.1, 0.15) is 17.2 Å². The Labute approximate surface area is 155 Å². The lowest BCUT2D eigenvalue weighted by Crippen LogP contribution is -2.27. The molecule has 0 aromatic heterocycles. The van der Waals surface area contributed by atoms with Crippen molar-refractivity contribution in [2.45, 2.75) is 6.42 Å². The molecule has 8 heteroatoms. The van der Waals surface area contributed by atoms with Crippen LogP contribution in [0, 0.1) is 10.1 Å². The number of nitro benzene ring substituents is 1. The molecule has 0 saturated carbocycles. The minimum atomic E-state index is -0.460. The van der Waals surface area contributed by atoms with Crippen LogP contribution in [0.1, 0.15) is 6.42 Å². The van der Waals surface area contributed by atoms with Crippen molar-refractivity contribution in [1.29, 1.82) is 0 Å². The molecule has 2 aromatic rings. The number of rotatable bonds is 6. The third-order valence-electron chi connectivity index (χ3n) is 3.83. The van der Waals surface area contributed by atoms with Crippen LogP contribution in [0.2, 0.25) is 0 Å². The lowest BCUT2D eigenvalue weighted by molar-refractivity contribution is -0.384. The summed E-state index contributed by atoms with van der Waals surface area (Å²) in [7, 11) is 1.61. The fourth-order valence-electron chi connectivity index (χ4n) is 2.53. The Morgan fingerprint density at radius 3 is 2.48 bits per heavy atom. The molecule has 8 nitrogen and oxygen atoms in total. The fourth-order valence-corrected chi connectivity index (χ4v) is 2.53. The second-order valence-corrected chi connectivity index (χ2v) is 5.72. The van der Waals surface area contributed by atoms with Crippen molar-refractivity contribution in [3.63, 3.8) is 0 Å². The number of nitro groups is 1. The van der Waals surface area contributed by atoms with Gasteiger partial charge in [-0.15, -0.1) is 0 Å². The average Bonchev–Trinajstić information content (AvgIpc) is 3.16. The summed E-state index contributed by atoms with van der Waals surface area (Å²) >= 11 is 0. The molecule has 3 rings (SSSR count). The van der Waals surface area contributed by atoms with Gasteiger partial charge in [-0.3, -0.25) is 10.1 Å². The number of nitrogens with zero attached hydrogens (tertiary/aromatic N) is 1. The maximum atomic E-state index is 11.9. The Kier molecular flexibility index (Phi) is 5.36. The molecule has 0 aliphatic heterocycles. The number of amides is 2. The van der Waals surface area contributed by atoms with Gasteiger partial charge in [-0.2, -0.15) is 0 Å². The second kappa shape index (κ2) is 8.05. The van der Waals surface area contributed by atoms with Gasteiger partial charge in [-0.05, 0) is 36.4 Å². The topological polar surface area (TPSA) is 106 Å². The molecular formula is C19H18N4O4. The summed E-state index contributed by atoms with van der Waals surface area (Å²) in [6, 6.07) is 11.0. The van der Waals surface area contributed by atoms with E-state index in [0.29, 0.717) is 29.3 Å². The number of anilines is 2. The van der Waals surface area contributed by atoms with Gasteiger partial charge in [0.15, 0.2) is 0 Å². The smallest absolute Gasteiger partial charge is 0.323 e. The summed E-state index contributed by atoms with van der Waals surface area (Å²) in [5.41, 5.74) is 1.79. The molecule has 0 fully saturated rings. The summed E-state index contributed by atoms with van der Waals surface area (Å²) in [5.74, 6) is 1.00. The molecule has 0 heterocycles. The van der Waals surface area contributed by atoms with Crippen molar-refractivity contribution in [3.8, 4) is 11.5 Å². The first-order valence-electron chi connectivity index (χ1n) is 8.23. The van der Waals surface area contributed by atoms with Gasteiger partial charge >= 0.3 is 6.03 Å². The quantitative estimate of drug-likeness (QED) is 0.519. The number of urea groups is 1. The fraction of sp³-hybridized carbons (Fsp3) is 0.105. The zero-order valence-corrected chi connectivity index (χ0v) is 14.6. The third kappa shape index (κ3) is 4.63. The first kappa shape index (κ1) is 18.0. The maximum Gasteiger partial charge on any atom is 0.323 e. The monoisotopic (exact) mass is 366 g/mol. The summed E-state index contributed by atoms with van der Waals surface area (Å²) in [6.07, 6.45) is 6.41.